The van der Waals surface area contributed by atoms with E-state index in [2.05, 4.69) is 5.16 Å². The summed E-state index contributed by atoms with van der Waals surface area (Å²) in [5.74, 6) is 0.0609. The van der Waals surface area contributed by atoms with Crippen molar-refractivity contribution in [3.63, 3.8) is 0 Å². The van der Waals surface area contributed by atoms with Crippen LogP contribution in [0.25, 0.3) is 0 Å². The number of nitrogens with zero attached hydrogens (tertiary/aromatic N) is 3. The van der Waals surface area contributed by atoms with E-state index in [1.807, 2.05) is 19.9 Å². The van der Waals surface area contributed by atoms with E-state index in [-0.39, 0.29) is 17.6 Å². The molecular weight excluding hydrogens is 206 g/mol. The van der Waals surface area contributed by atoms with Crippen molar-refractivity contribution in [1.29, 1.82) is 5.26 Å². The van der Waals surface area contributed by atoms with Crippen LogP contribution in [0.15, 0.2) is 10.6 Å². The highest BCUT2D eigenvalue weighted by molar-refractivity contribution is 5.91. The monoisotopic (exact) mass is 221 g/mol. The van der Waals surface area contributed by atoms with Crippen LogP contribution in [0.1, 0.15) is 42.9 Å². The van der Waals surface area contributed by atoms with Crippen LogP contribution in [0, 0.1) is 11.3 Å². The first-order valence-corrected chi connectivity index (χ1v) is 5.10. The number of amides is 1. The third-order valence-electron chi connectivity index (χ3n) is 2.42. The molecule has 1 heterocycles. The number of hydrogen-bond acceptors (Lipinski definition) is 4. The predicted molar refractivity (Wildman–Crippen MR) is 57.8 cm³/mol. The van der Waals surface area contributed by atoms with Crippen molar-refractivity contribution < 1.29 is 9.32 Å². The number of carbonyl (C=O) groups is 1. The molecule has 1 aromatic heterocycles. The summed E-state index contributed by atoms with van der Waals surface area (Å²) in [6.45, 7) is 5.58. The quantitative estimate of drug-likeness (QED) is 0.780. The van der Waals surface area contributed by atoms with Gasteiger partial charge in [-0.15, -0.1) is 0 Å². The van der Waals surface area contributed by atoms with E-state index in [4.69, 9.17) is 9.78 Å². The normalized spacial score (nSPS) is 12.2. The lowest BCUT2D eigenvalue weighted by Gasteiger charge is -2.16. The Morgan fingerprint density at radius 3 is 2.62 bits per heavy atom. The molecule has 0 spiro atoms. The number of nitriles is 1. The van der Waals surface area contributed by atoms with Gasteiger partial charge in [0.2, 0.25) is 5.76 Å². The highest BCUT2D eigenvalue weighted by atomic mass is 16.5. The largest absolute Gasteiger partial charge is 0.351 e. The van der Waals surface area contributed by atoms with Crippen molar-refractivity contribution in [1.82, 2.24) is 10.1 Å². The minimum Gasteiger partial charge on any atom is -0.351 e. The molecule has 1 rings (SSSR count). The van der Waals surface area contributed by atoms with Gasteiger partial charge in [-0.05, 0) is 12.8 Å². The first-order chi connectivity index (χ1) is 7.47. The van der Waals surface area contributed by atoms with Gasteiger partial charge in [-0.2, -0.15) is 5.26 Å². The summed E-state index contributed by atoms with van der Waals surface area (Å²) in [4.78, 5) is 13.1. The first-order valence-electron chi connectivity index (χ1n) is 5.10. The third-order valence-corrected chi connectivity index (χ3v) is 2.42. The van der Waals surface area contributed by atoms with Crippen molar-refractivity contribution in [3.05, 3.63) is 17.5 Å². The Labute approximate surface area is 94.6 Å². The van der Waals surface area contributed by atoms with Gasteiger partial charge in [0.1, 0.15) is 6.04 Å². The molecule has 86 valence electrons. The van der Waals surface area contributed by atoms with Gasteiger partial charge in [0.15, 0.2) is 0 Å². The zero-order chi connectivity index (χ0) is 12.3. The Bertz CT molecular complexity index is 417. The average Bonchev–Trinajstić information content (AvgIpc) is 2.75. The molecule has 1 unspecified atom stereocenters. The zero-order valence-corrected chi connectivity index (χ0v) is 9.89. The third kappa shape index (κ3) is 2.40. The molecule has 0 aromatic carbocycles. The summed E-state index contributed by atoms with van der Waals surface area (Å²) in [5, 5.41) is 12.5. The van der Waals surface area contributed by atoms with E-state index >= 15 is 0 Å². The van der Waals surface area contributed by atoms with Gasteiger partial charge < -0.3 is 9.42 Å². The molecule has 0 aliphatic heterocycles. The Kier molecular flexibility index (Phi) is 3.67. The van der Waals surface area contributed by atoms with E-state index < -0.39 is 6.04 Å². The van der Waals surface area contributed by atoms with Crippen LogP contribution in [-0.2, 0) is 0 Å². The van der Waals surface area contributed by atoms with Crippen molar-refractivity contribution in [2.45, 2.75) is 32.7 Å². The first kappa shape index (κ1) is 12.2. The molecule has 0 aliphatic carbocycles. The number of carbonyl (C=O) groups excluding carboxylic acids is 1. The molecule has 1 amide bonds. The summed E-state index contributed by atoms with van der Waals surface area (Å²) in [7, 11) is 1.56. The van der Waals surface area contributed by atoms with E-state index in [0.717, 1.165) is 5.69 Å². The highest BCUT2D eigenvalue weighted by Gasteiger charge is 2.21. The maximum absolute atomic E-state index is 11.8. The fourth-order valence-electron chi connectivity index (χ4n) is 1.10. The zero-order valence-electron chi connectivity index (χ0n) is 9.89. The van der Waals surface area contributed by atoms with Crippen LogP contribution in [0.2, 0.25) is 0 Å². The molecule has 5 heteroatoms. The van der Waals surface area contributed by atoms with E-state index in [0.29, 0.717) is 0 Å². The molecule has 16 heavy (non-hydrogen) atoms. The lowest BCUT2D eigenvalue weighted by atomic mass is 10.1. The fourth-order valence-corrected chi connectivity index (χ4v) is 1.10. The maximum Gasteiger partial charge on any atom is 0.293 e. The summed E-state index contributed by atoms with van der Waals surface area (Å²) in [6, 6.07) is 3.12. The molecule has 0 aliphatic rings. The predicted octanol–water partition coefficient (Wildman–Crippen LogP) is 1.78. The van der Waals surface area contributed by atoms with Crippen LogP contribution < -0.4 is 0 Å². The van der Waals surface area contributed by atoms with Crippen LogP contribution in [0.5, 0.6) is 0 Å². The second kappa shape index (κ2) is 4.79. The molecule has 1 atom stereocenters. The Morgan fingerprint density at radius 1 is 1.56 bits per heavy atom. The molecule has 5 nitrogen and oxygen atoms in total. The summed E-state index contributed by atoms with van der Waals surface area (Å²) in [5.41, 5.74) is 0.737. The van der Waals surface area contributed by atoms with E-state index in [1.54, 1.807) is 20.0 Å². The van der Waals surface area contributed by atoms with Crippen molar-refractivity contribution in [2.75, 3.05) is 7.05 Å². The minimum atomic E-state index is -0.486. The molecule has 0 saturated heterocycles. The summed E-state index contributed by atoms with van der Waals surface area (Å²) in [6.07, 6.45) is 0. The topological polar surface area (TPSA) is 70.1 Å². The van der Waals surface area contributed by atoms with Gasteiger partial charge in [0.25, 0.3) is 5.91 Å². The van der Waals surface area contributed by atoms with Gasteiger partial charge in [0, 0.05) is 13.1 Å². The average molecular weight is 221 g/mol. The van der Waals surface area contributed by atoms with E-state index in [1.165, 1.54) is 4.90 Å². The Balaban J connectivity index is 2.85. The molecule has 0 radical (unpaired) electrons. The molecule has 0 fully saturated rings. The van der Waals surface area contributed by atoms with E-state index in [9.17, 15) is 4.79 Å². The Morgan fingerprint density at radius 2 is 2.19 bits per heavy atom. The number of hydrogen-bond donors (Lipinski definition) is 0. The van der Waals surface area contributed by atoms with Crippen LogP contribution >= 0.6 is 0 Å². The minimum absolute atomic E-state index is 0.174. The van der Waals surface area contributed by atoms with Crippen molar-refractivity contribution in [2.24, 2.45) is 0 Å². The second-order valence-electron chi connectivity index (χ2n) is 3.99. The smallest absolute Gasteiger partial charge is 0.293 e. The van der Waals surface area contributed by atoms with Gasteiger partial charge in [-0.25, -0.2) is 0 Å². The number of rotatable bonds is 3. The summed E-state index contributed by atoms with van der Waals surface area (Å²) < 4.78 is 4.95. The maximum atomic E-state index is 11.8. The van der Waals surface area contributed by atoms with Crippen LogP contribution in [0.4, 0.5) is 0 Å². The fraction of sp³-hybridized carbons (Fsp3) is 0.545. The lowest BCUT2D eigenvalue weighted by Crippen LogP contribution is -2.33. The van der Waals surface area contributed by atoms with Gasteiger partial charge in [0.05, 0.1) is 11.8 Å². The van der Waals surface area contributed by atoms with Crippen LogP contribution in [0.3, 0.4) is 0 Å². The van der Waals surface area contributed by atoms with Gasteiger partial charge in [-0.1, -0.05) is 19.0 Å². The summed E-state index contributed by atoms with van der Waals surface area (Å²) >= 11 is 0. The Hall–Kier alpha value is -1.83. The van der Waals surface area contributed by atoms with Crippen LogP contribution in [-0.4, -0.2) is 29.1 Å². The molecular formula is C11H15N3O2. The molecule has 0 saturated carbocycles. The van der Waals surface area contributed by atoms with Gasteiger partial charge in [-0.3, -0.25) is 4.79 Å². The molecule has 0 bridgehead atoms. The number of aromatic nitrogens is 1. The molecule has 1 aromatic rings. The lowest BCUT2D eigenvalue weighted by molar-refractivity contribution is 0.0731. The second-order valence-corrected chi connectivity index (χ2v) is 3.99. The van der Waals surface area contributed by atoms with Crippen molar-refractivity contribution >= 4 is 5.91 Å². The highest BCUT2D eigenvalue weighted by Crippen LogP contribution is 2.15. The standard InChI is InChI=1S/C11H15N3O2/c1-7(2)9-5-10(16-13-9)11(15)14(4)8(3)6-12/h5,7-8H,1-4H3. The van der Waals surface area contributed by atoms with Crippen molar-refractivity contribution in [3.8, 4) is 6.07 Å². The van der Waals surface area contributed by atoms with Gasteiger partial charge >= 0.3 is 0 Å². The SMILES string of the molecule is CC(C)c1cc(C(=O)N(C)C(C)C#N)on1. The molecule has 0 N–H and O–H groups in total.